The van der Waals surface area contributed by atoms with E-state index in [4.69, 9.17) is 0 Å². The quantitative estimate of drug-likeness (QED) is 0.845. The van der Waals surface area contributed by atoms with Crippen LogP contribution in [0.2, 0.25) is 0 Å². The number of unbranched alkanes of at least 4 members (excludes halogenated alkanes) is 1. The van der Waals surface area contributed by atoms with E-state index in [1.54, 1.807) is 0 Å². The largest absolute Gasteiger partial charge is 0.277 e. The second-order valence-corrected chi connectivity index (χ2v) is 4.46. The number of hydrogen-bond donors (Lipinski definition) is 1. The van der Waals surface area contributed by atoms with Crippen LogP contribution in [-0.2, 0) is 11.3 Å². The highest BCUT2D eigenvalue weighted by molar-refractivity contribution is 9.10. The highest BCUT2D eigenvalue weighted by atomic mass is 79.9. The highest BCUT2D eigenvalue weighted by Crippen LogP contribution is 2.18. The van der Waals surface area contributed by atoms with Crippen molar-refractivity contribution >= 4 is 21.8 Å². The number of hydrogen-bond acceptors (Lipinski definition) is 2. The molecule has 1 rings (SSSR count). The van der Waals surface area contributed by atoms with Crippen LogP contribution in [0.4, 0.5) is 0 Å². The number of carbonyl (C=O) groups excluding carboxylic acids is 1. The Bertz CT molecular complexity index is 366. The first kappa shape index (κ1) is 13.2. The molecule has 0 radical (unpaired) electrons. The molecule has 1 aromatic rings. The lowest BCUT2D eigenvalue weighted by molar-refractivity contribution is 0.0536. The number of benzene rings is 1. The maximum atomic E-state index is 11.7. The molecule has 88 valence electrons. The van der Waals surface area contributed by atoms with E-state index in [2.05, 4.69) is 33.2 Å². The fraction of sp³-hybridized carbons (Fsp3) is 0.417. The molecule has 0 aliphatic rings. The molecule has 0 aliphatic heterocycles. The molecule has 0 fully saturated rings. The van der Waals surface area contributed by atoms with E-state index in [9.17, 15) is 4.79 Å². The normalized spacial score (nSPS) is 10.2. The summed E-state index contributed by atoms with van der Waals surface area (Å²) in [6.07, 6.45) is 3.10. The molecule has 3 nitrogen and oxygen atoms in total. The molecule has 16 heavy (non-hydrogen) atoms. The minimum absolute atomic E-state index is 0.199. The summed E-state index contributed by atoms with van der Waals surface area (Å²) in [5.74, 6) is -0.199. The summed E-state index contributed by atoms with van der Waals surface area (Å²) in [7, 11) is 1.43. The van der Waals surface area contributed by atoms with Gasteiger partial charge in [0.05, 0.1) is 7.11 Å². The maximum absolute atomic E-state index is 11.7. The first-order chi connectivity index (χ1) is 7.69. The van der Waals surface area contributed by atoms with Gasteiger partial charge in [0.15, 0.2) is 0 Å². The minimum atomic E-state index is -0.199. The predicted molar refractivity (Wildman–Crippen MR) is 67.2 cm³/mol. The summed E-state index contributed by atoms with van der Waals surface area (Å²) in [6.45, 7) is 2.13. The lowest BCUT2D eigenvalue weighted by Gasteiger charge is -2.09. The molecule has 0 heterocycles. The van der Waals surface area contributed by atoms with E-state index in [1.807, 2.05) is 18.2 Å². The second kappa shape index (κ2) is 6.66. The Hall–Kier alpha value is -0.870. The molecule has 1 N–H and O–H groups in total. The molecular weight excluding hydrogens is 270 g/mol. The standard InChI is InChI=1S/C12H16BrNO2/c1-3-4-5-9-6-7-10(13)8-11(9)12(15)14-16-2/h6-8H,3-5H2,1-2H3,(H,14,15). The van der Waals surface area contributed by atoms with Crippen LogP contribution < -0.4 is 5.48 Å². The van der Waals surface area contributed by atoms with Gasteiger partial charge in [-0.25, -0.2) is 5.48 Å². The summed E-state index contributed by atoms with van der Waals surface area (Å²) in [5, 5.41) is 0. The molecule has 0 aliphatic carbocycles. The van der Waals surface area contributed by atoms with Crippen LogP contribution in [-0.4, -0.2) is 13.0 Å². The van der Waals surface area contributed by atoms with Gasteiger partial charge in [-0.3, -0.25) is 9.63 Å². The van der Waals surface area contributed by atoms with Crippen LogP contribution in [0.25, 0.3) is 0 Å². The number of hydroxylamine groups is 1. The van der Waals surface area contributed by atoms with E-state index >= 15 is 0 Å². The maximum Gasteiger partial charge on any atom is 0.275 e. The predicted octanol–water partition coefficient (Wildman–Crippen LogP) is 3.08. The van der Waals surface area contributed by atoms with E-state index in [1.165, 1.54) is 7.11 Å². The Morgan fingerprint density at radius 2 is 2.25 bits per heavy atom. The van der Waals surface area contributed by atoms with Gasteiger partial charge in [-0.05, 0) is 30.5 Å². The van der Waals surface area contributed by atoms with Crippen molar-refractivity contribution in [3.63, 3.8) is 0 Å². The van der Waals surface area contributed by atoms with Crippen LogP contribution in [0, 0.1) is 0 Å². The molecule has 0 saturated heterocycles. The Kier molecular flexibility index (Phi) is 5.49. The van der Waals surface area contributed by atoms with Crippen molar-refractivity contribution in [2.75, 3.05) is 7.11 Å². The summed E-state index contributed by atoms with van der Waals surface area (Å²) in [6, 6.07) is 5.75. The van der Waals surface area contributed by atoms with Gasteiger partial charge in [0, 0.05) is 10.0 Å². The lowest BCUT2D eigenvalue weighted by Crippen LogP contribution is -2.23. The monoisotopic (exact) mass is 285 g/mol. The summed E-state index contributed by atoms with van der Waals surface area (Å²) in [5.41, 5.74) is 4.07. The first-order valence-electron chi connectivity index (χ1n) is 5.30. The van der Waals surface area contributed by atoms with E-state index < -0.39 is 0 Å². The summed E-state index contributed by atoms with van der Waals surface area (Å²) < 4.78 is 0.897. The number of aryl methyl sites for hydroxylation is 1. The molecular formula is C12H16BrNO2. The molecule has 0 saturated carbocycles. The molecule has 0 unspecified atom stereocenters. The molecule has 0 bridgehead atoms. The number of rotatable bonds is 5. The van der Waals surface area contributed by atoms with Crippen molar-refractivity contribution in [1.82, 2.24) is 5.48 Å². The van der Waals surface area contributed by atoms with Gasteiger partial charge >= 0.3 is 0 Å². The topological polar surface area (TPSA) is 38.3 Å². The zero-order valence-corrected chi connectivity index (χ0v) is 11.1. The molecule has 1 amide bonds. The van der Waals surface area contributed by atoms with Crippen LogP contribution in [0.5, 0.6) is 0 Å². The van der Waals surface area contributed by atoms with Gasteiger partial charge in [0.2, 0.25) is 0 Å². The zero-order chi connectivity index (χ0) is 12.0. The Morgan fingerprint density at radius 3 is 2.88 bits per heavy atom. The van der Waals surface area contributed by atoms with Crippen molar-refractivity contribution in [1.29, 1.82) is 0 Å². The van der Waals surface area contributed by atoms with Crippen molar-refractivity contribution in [3.05, 3.63) is 33.8 Å². The molecule has 0 spiro atoms. The van der Waals surface area contributed by atoms with Crippen molar-refractivity contribution < 1.29 is 9.63 Å². The third-order valence-electron chi connectivity index (χ3n) is 2.31. The third kappa shape index (κ3) is 3.61. The van der Waals surface area contributed by atoms with Gasteiger partial charge in [0.25, 0.3) is 5.91 Å². The number of nitrogens with one attached hydrogen (secondary N) is 1. The van der Waals surface area contributed by atoms with Crippen LogP contribution in [0.15, 0.2) is 22.7 Å². The van der Waals surface area contributed by atoms with E-state index in [0.29, 0.717) is 5.56 Å². The van der Waals surface area contributed by atoms with Gasteiger partial charge in [0.1, 0.15) is 0 Å². The minimum Gasteiger partial charge on any atom is -0.277 e. The lowest BCUT2D eigenvalue weighted by atomic mass is 10.0. The van der Waals surface area contributed by atoms with Crippen LogP contribution in [0.1, 0.15) is 35.7 Å². The van der Waals surface area contributed by atoms with Crippen molar-refractivity contribution in [3.8, 4) is 0 Å². The Balaban J connectivity index is 2.93. The number of carbonyl (C=O) groups is 1. The van der Waals surface area contributed by atoms with Gasteiger partial charge in [-0.1, -0.05) is 35.3 Å². The molecule has 0 atom stereocenters. The summed E-state index contributed by atoms with van der Waals surface area (Å²) >= 11 is 3.36. The van der Waals surface area contributed by atoms with Crippen LogP contribution in [0.3, 0.4) is 0 Å². The Labute approximate surface area is 104 Å². The van der Waals surface area contributed by atoms with Gasteiger partial charge in [-0.2, -0.15) is 0 Å². The van der Waals surface area contributed by atoms with Gasteiger partial charge < -0.3 is 0 Å². The van der Waals surface area contributed by atoms with Crippen molar-refractivity contribution in [2.45, 2.75) is 26.2 Å². The number of halogens is 1. The smallest absolute Gasteiger partial charge is 0.275 e. The Morgan fingerprint density at radius 1 is 1.50 bits per heavy atom. The third-order valence-corrected chi connectivity index (χ3v) is 2.80. The zero-order valence-electron chi connectivity index (χ0n) is 9.55. The van der Waals surface area contributed by atoms with E-state index in [0.717, 1.165) is 29.3 Å². The molecule has 4 heteroatoms. The fourth-order valence-corrected chi connectivity index (χ4v) is 1.85. The molecule has 1 aromatic carbocycles. The fourth-order valence-electron chi connectivity index (χ4n) is 1.49. The second-order valence-electron chi connectivity index (χ2n) is 3.54. The van der Waals surface area contributed by atoms with Crippen LogP contribution >= 0.6 is 15.9 Å². The summed E-state index contributed by atoms with van der Waals surface area (Å²) in [4.78, 5) is 16.4. The van der Waals surface area contributed by atoms with Gasteiger partial charge in [-0.15, -0.1) is 0 Å². The average molecular weight is 286 g/mol. The first-order valence-corrected chi connectivity index (χ1v) is 6.10. The highest BCUT2D eigenvalue weighted by Gasteiger charge is 2.11. The van der Waals surface area contributed by atoms with E-state index in [-0.39, 0.29) is 5.91 Å². The SMILES string of the molecule is CCCCc1ccc(Br)cc1C(=O)NOC. The van der Waals surface area contributed by atoms with Crippen molar-refractivity contribution in [2.24, 2.45) is 0 Å². The average Bonchev–Trinajstić information content (AvgIpc) is 2.27. The number of amides is 1. The molecule has 0 aromatic heterocycles.